The molecule has 5 rings (SSSR count). The molecule has 4 aromatic carbocycles. The summed E-state index contributed by atoms with van der Waals surface area (Å²) < 4.78 is 11.9. The van der Waals surface area contributed by atoms with Gasteiger partial charge in [0, 0.05) is 16.6 Å². The fourth-order valence-corrected chi connectivity index (χ4v) is 3.57. The second-order valence-electron chi connectivity index (χ2n) is 7.50. The number of rotatable bonds is 7. The van der Waals surface area contributed by atoms with Crippen molar-refractivity contribution in [1.82, 2.24) is 4.98 Å². The van der Waals surface area contributed by atoms with E-state index >= 15 is 0 Å². The quantitative estimate of drug-likeness (QED) is 0.316. The molecule has 0 saturated heterocycles. The zero-order valence-electron chi connectivity index (χ0n) is 17.1. The van der Waals surface area contributed by atoms with Crippen molar-refractivity contribution in [2.45, 2.75) is 13.2 Å². The van der Waals surface area contributed by atoms with Gasteiger partial charge in [-0.05, 0) is 65.2 Å². The molecule has 0 atom stereocenters. The number of benzene rings is 4. The molecule has 0 aliphatic rings. The van der Waals surface area contributed by atoms with Crippen molar-refractivity contribution in [2.24, 2.45) is 0 Å². The highest BCUT2D eigenvalue weighted by atomic mass is 16.5. The monoisotopic (exact) mass is 405 g/mol. The van der Waals surface area contributed by atoms with Gasteiger partial charge < -0.3 is 14.5 Å². The SMILES string of the molecule is c1ccc(COc2ccc(-c3cc4cc(OCc5ccccc5)ccc4[nH]3)cc2)cc1. The molecule has 152 valence electrons. The number of nitrogens with one attached hydrogen (secondary N) is 1. The molecule has 0 radical (unpaired) electrons. The van der Waals surface area contributed by atoms with Crippen LogP contribution < -0.4 is 9.47 Å². The molecule has 3 nitrogen and oxygen atoms in total. The third-order valence-electron chi connectivity index (χ3n) is 5.25. The maximum Gasteiger partial charge on any atom is 0.120 e. The van der Waals surface area contributed by atoms with E-state index in [2.05, 4.69) is 59.6 Å². The summed E-state index contributed by atoms with van der Waals surface area (Å²) in [7, 11) is 0. The first-order valence-electron chi connectivity index (χ1n) is 10.4. The number of ether oxygens (including phenoxy) is 2. The first-order chi connectivity index (χ1) is 15.3. The Labute approximate surface area is 181 Å². The topological polar surface area (TPSA) is 34.2 Å². The maximum atomic E-state index is 5.96. The first-order valence-corrected chi connectivity index (χ1v) is 10.4. The minimum Gasteiger partial charge on any atom is -0.489 e. The normalized spacial score (nSPS) is 10.8. The van der Waals surface area contributed by atoms with Crippen LogP contribution in [0.3, 0.4) is 0 Å². The van der Waals surface area contributed by atoms with Crippen LogP contribution in [0.15, 0.2) is 109 Å². The van der Waals surface area contributed by atoms with Gasteiger partial charge in [0.15, 0.2) is 0 Å². The molecule has 0 saturated carbocycles. The van der Waals surface area contributed by atoms with Crippen LogP contribution in [0, 0.1) is 0 Å². The fourth-order valence-electron chi connectivity index (χ4n) is 3.57. The molecule has 1 aromatic heterocycles. The van der Waals surface area contributed by atoms with Crippen molar-refractivity contribution in [3.63, 3.8) is 0 Å². The Balaban J connectivity index is 1.27. The minimum absolute atomic E-state index is 0.564. The second-order valence-corrected chi connectivity index (χ2v) is 7.50. The largest absolute Gasteiger partial charge is 0.489 e. The van der Waals surface area contributed by atoms with Crippen LogP contribution >= 0.6 is 0 Å². The Kier molecular flexibility index (Phi) is 5.40. The summed E-state index contributed by atoms with van der Waals surface area (Å²) in [6, 6.07) is 36.9. The van der Waals surface area contributed by atoms with Gasteiger partial charge in [-0.15, -0.1) is 0 Å². The van der Waals surface area contributed by atoms with E-state index in [-0.39, 0.29) is 0 Å². The second kappa shape index (κ2) is 8.80. The van der Waals surface area contributed by atoms with Gasteiger partial charge >= 0.3 is 0 Å². The van der Waals surface area contributed by atoms with E-state index in [1.54, 1.807) is 0 Å². The van der Waals surface area contributed by atoms with Gasteiger partial charge in [-0.3, -0.25) is 0 Å². The van der Waals surface area contributed by atoms with E-state index < -0.39 is 0 Å². The predicted octanol–water partition coefficient (Wildman–Crippen LogP) is 6.99. The van der Waals surface area contributed by atoms with Gasteiger partial charge in [-0.1, -0.05) is 60.7 Å². The summed E-state index contributed by atoms with van der Waals surface area (Å²) in [5.41, 5.74) is 5.60. The predicted molar refractivity (Wildman–Crippen MR) is 125 cm³/mol. The van der Waals surface area contributed by atoms with E-state index in [4.69, 9.17) is 9.47 Å². The number of hydrogen-bond acceptors (Lipinski definition) is 2. The Morgan fingerprint density at radius 1 is 0.548 bits per heavy atom. The minimum atomic E-state index is 0.564. The number of hydrogen-bond donors (Lipinski definition) is 1. The van der Waals surface area contributed by atoms with Crippen LogP contribution in [0.4, 0.5) is 0 Å². The lowest BCUT2D eigenvalue weighted by Crippen LogP contribution is -1.94. The summed E-state index contributed by atoms with van der Waals surface area (Å²) in [5.74, 6) is 1.73. The van der Waals surface area contributed by atoms with Crippen molar-refractivity contribution < 1.29 is 9.47 Å². The van der Waals surface area contributed by atoms with Gasteiger partial charge in [0.2, 0.25) is 0 Å². The lowest BCUT2D eigenvalue weighted by Gasteiger charge is -2.07. The molecule has 0 unspecified atom stereocenters. The van der Waals surface area contributed by atoms with Crippen LogP contribution in [0.2, 0.25) is 0 Å². The first kappa shape index (κ1) is 19.0. The molecule has 3 heteroatoms. The molecule has 1 heterocycles. The van der Waals surface area contributed by atoms with Gasteiger partial charge in [-0.2, -0.15) is 0 Å². The molecule has 0 bridgehead atoms. The summed E-state index contributed by atoms with van der Waals surface area (Å²) in [6.07, 6.45) is 0. The Morgan fingerprint density at radius 2 is 1.13 bits per heavy atom. The standard InChI is InChI=1S/C28H23NO2/c1-3-7-21(8-4-1)19-30-25-13-11-23(12-14-25)28-18-24-17-26(15-16-27(24)29-28)31-20-22-9-5-2-6-10-22/h1-18,29H,19-20H2. The van der Waals surface area contributed by atoms with Gasteiger partial charge in [0.25, 0.3) is 0 Å². The molecular weight excluding hydrogens is 382 g/mol. The molecule has 0 aliphatic heterocycles. The van der Waals surface area contributed by atoms with Crippen molar-refractivity contribution in [3.05, 3.63) is 120 Å². The van der Waals surface area contributed by atoms with Gasteiger partial charge in [0.1, 0.15) is 24.7 Å². The van der Waals surface area contributed by atoms with E-state index in [1.807, 2.05) is 54.6 Å². The van der Waals surface area contributed by atoms with Crippen molar-refractivity contribution >= 4 is 10.9 Å². The Hall–Kier alpha value is -3.98. The highest BCUT2D eigenvalue weighted by molar-refractivity contribution is 5.87. The van der Waals surface area contributed by atoms with Crippen LogP contribution in [0.1, 0.15) is 11.1 Å². The van der Waals surface area contributed by atoms with E-state index in [0.717, 1.165) is 44.8 Å². The summed E-state index contributed by atoms with van der Waals surface area (Å²) in [6.45, 7) is 1.13. The van der Waals surface area contributed by atoms with Crippen molar-refractivity contribution in [3.8, 4) is 22.8 Å². The Morgan fingerprint density at radius 3 is 1.77 bits per heavy atom. The van der Waals surface area contributed by atoms with Crippen LogP contribution in [0.25, 0.3) is 22.2 Å². The van der Waals surface area contributed by atoms with Crippen LogP contribution in [-0.2, 0) is 13.2 Å². The molecule has 0 fully saturated rings. The van der Waals surface area contributed by atoms with E-state index in [1.165, 1.54) is 0 Å². The fraction of sp³-hybridized carbons (Fsp3) is 0.0714. The Bertz CT molecular complexity index is 1260. The zero-order valence-corrected chi connectivity index (χ0v) is 17.1. The molecule has 1 N–H and O–H groups in total. The van der Waals surface area contributed by atoms with E-state index in [9.17, 15) is 0 Å². The van der Waals surface area contributed by atoms with E-state index in [0.29, 0.717) is 13.2 Å². The third-order valence-corrected chi connectivity index (χ3v) is 5.25. The summed E-state index contributed by atoms with van der Waals surface area (Å²) in [4.78, 5) is 3.49. The number of aromatic amines is 1. The molecule has 0 aliphatic carbocycles. The summed E-state index contributed by atoms with van der Waals surface area (Å²) >= 11 is 0. The maximum absolute atomic E-state index is 5.96. The smallest absolute Gasteiger partial charge is 0.120 e. The van der Waals surface area contributed by atoms with Crippen molar-refractivity contribution in [2.75, 3.05) is 0 Å². The zero-order chi connectivity index (χ0) is 20.9. The molecule has 0 amide bonds. The highest BCUT2D eigenvalue weighted by Crippen LogP contribution is 2.28. The van der Waals surface area contributed by atoms with Crippen molar-refractivity contribution in [1.29, 1.82) is 0 Å². The highest BCUT2D eigenvalue weighted by Gasteiger charge is 2.06. The lowest BCUT2D eigenvalue weighted by molar-refractivity contribution is 0.306. The summed E-state index contributed by atoms with van der Waals surface area (Å²) in [5, 5.41) is 1.13. The number of aromatic nitrogens is 1. The number of H-pyrrole nitrogens is 1. The molecule has 5 aromatic rings. The van der Waals surface area contributed by atoms with Gasteiger partial charge in [0.05, 0.1) is 0 Å². The van der Waals surface area contributed by atoms with Crippen LogP contribution in [0.5, 0.6) is 11.5 Å². The number of fused-ring (bicyclic) bond motifs is 1. The average Bonchev–Trinajstić information content (AvgIpc) is 3.26. The molecular formula is C28H23NO2. The molecule has 31 heavy (non-hydrogen) atoms. The lowest BCUT2D eigenvalue weighted by atomic mass is 10.1. The third kappa shape index (κ3) is 4.62. The van der Waals surface area contributed by atoms with Gasteiger partial charge in [-0.25, -0.2) is 0 Å². The average molecular weight is 405 g/mol. The van der Waals surface area contributed by atoms with Crippen LogP contribution in [-0.4, -0.2) is 4.98 Å². The molecule has 0 spiro atoms.